The third-order valence-electron chi connectivity index (χ3n) is 2.81. The van der Waals surface area contributed by atoms with Gasteiger partial charge in [-0.15, -0.1) is 0 Å². The minimum absolute atomic E-state index is 0.0913. The van der Waals surface area contributed by atoms with Crippen LogP contribution in [0, 0.1) is 5.82 Å². The van der Waals surface area contributed by atoms with Crippen LogP contribution in [0.15, 0.2) is 42.5 Å². The average molecular weight is 293 g/mol. The Bertz CT molecular complexity index is 631. The predicted molar refractivity (Wildman–Crippen MR) is 78.6 cm³/mol. The van der Waals surface area contributed by atoms with Crippen LogP contribution in [0.25, 0.3) is 0 Å². The number of halogens is 2. The second-order valence-electron chi connectivity index (χ2n) is 4.27. The molecule has 20 heavy (non-hydrogen) atoms. The van der Waals surface area contributed by atoms with Crippen LogP contribution >= 0.6 is 11.6 Å². The lowest BCUT2D eigenvalue weighted by Gasteiger charge is -2.11. The zero-order valence-electron chi connectivity index (χ0n) is 10.9. The highest BCUT2D eigenvalue weighted by atomic mass is 35.5. The molecule has 2 rings (SSSR count). The Labute approximate surface area is 121 Å². The molecule has 0 aromatic heterocycles. The van der Waals surface area contributed by atoms with Gasteiger partial charge < -0.3 is 10.6 Å². The first kappa shape index (κ1) is 14.5. The van der Waals surface area contributed by atoms with Gasteiger partial charge in [-0.2, -0.15) is 0 Å². The molecule has 0 atom stereocenters. The molecule has 0 radical (unpaired) electrons. The molecule has 0 spiro atoms. The molecule has 0 heterocycles. The standard InChI is InChI=1S/C15H14ClFN2O/c1-18-9-10-4-2-3-5-14(10)19-15(20)12-7-6-11(17)8-13(12)16/h2-8,18H,9H2,1H3,(H,19,20). The highest BCUT2D eigenvalue weighted by Crippen LogP contribution is 2.20. The van der Waals surface area contributed by atoms with E-state index in [1.165, 1.54) is 12.1 Å². The maximum atomic E-state index is 13.0. The third-order valence-corrected chi connectivity index (χ3v) is 3.12. The summed E-state index contributed by atoms with van der Waals surface area (Å²) in [4.78, 5) is 12.2. The number of hydrogen-bond acceptors (Lipinski definition) is 2. The average Bonchev–Trinajstić information content (AvgIpc) is 2.41. The van der Waals surface area contributed by atoms with Gasteiger partial charge in [0.25, 0.3) is 5.91 Å². The van der Waals surface area contributed by atoms with Crippen LogP contribution in [0.4, 0.5) is 10.1 Å². The van der Waals surface area contributed by atoms with E-state index in [1.807, 2.05) is 31.3 Å². The van der Waals surface area contributed by atoms with E-state index < -0.39 is 5.82 Å². The number of nitrogens with one attached hydrogen (secondary N) is 2. The van der Waals surface area contributed by atoms with Crippen molar-refractivity contribution in [3.63, 3.8) is 0 Å². The summed E-state index contributed by atoms with van der Waals surface area (Å²) in [6, 6.07) is 11.2. The van der Waals surface area contributed by atoms with Gasteiger partial charge in [0.15, 0.2) is 0 Å². The van der Waals surface area contributed by atoms with E-state index in [0.717, 1.165) is 11.6 Å². The maximum absolute atomic E-state index is 13.0. The van der Waals surface area contributed by atoms with Crippen molar-refractivity contribution in [3.05, 3.63) is 64.4 Å². The van der Waals surface area contributed by atoms with Crippen molar-refractivity contribution in [3.8, 4) is 0 Å². The molecule has 0 bridgehead atoms. The molecule has 0 aliphatic heterocycles. The molecular weight excluding hydrogens is 279 g/mol. The molecular formula is C15H14ClFN2O. The molecule has 1 amide bonds. The fraction of sp³-hybridized carbons (Fsp3) is 0.133. The second-order valence-corrected chi connectivity index (χ2v) is 4.67. The number of hydrogen-bond donors (Lipinski definition) is 2. The summed E-state index contributed by atoms with van der Waals surface area (Å²) in [5.74, 6) is -0.833. The molecule has 0 saturated heterocycles. The van der Waals surface area contributed by atoms with Crippen LogP contribution in [-0.4, -0.2) is 13.0 Å². The largest absolute Gasteiger partial charge is 0.322 e. The number of amides is 1. The van der Waals surface area contributed by atoms with Gasteiger partial charge >= 0.3 is 0 Å². The van der Waals surface area contributed by atoms with Crippen LogP contribution < -0.4 is 10.6 Å². The van der Waals surface area contributed by atoms with Crippen LogP contribution in [0.2, 0.25) is 5.02 Å². The van der Waals surface area contributed by atoms with E-state index in [0.29, 0.717) is 12.2 Å². The molecule has 0 aliphatic carbocycles. The lowest BCUT2D eigenvalue weighted by atomic mass is 10.1. The molecule has 0 fully saturated rings. The van der Waals surface area contributed by atoms with Crippen LogP contribution in [0.5, 0.6) is 0 Å². The number of rotatable bonds is 4. The number of para-hydroxylation sites is 1. The Kier molecular flexibility index (Phi) is 4.71. The van der Waals surface area contributed by atoms with E-state index in [1.54, 1.807) is 0 Å². The normalized spacial score (nSPS) is 10.3. The molecule has 3 nitrogen and oxygen atoms in total. The Morgan fingerprint density at radius 1 is 1.25 bits per heavy atom. The smallest absolute Gasteiger partial charge is 0.257 e. The van der Waals surface area contributed by atoms with E-state index in [4.69, 9.17) is 11.6 Å². The van der Waals surface area contributed by atoms with E-state index >= 15 is 0 Å². The molecule has 0 unspecified atom stereocenters. The molecule has 2 aromatic carbocycles. The van der Waals surface area contributed by atoms with Gasteiger partial charge in [0, 0.05) is 12.2 Å². The summed E-state index contributed by atoms with van der Waals surface area (Å²) < 4.78 is 13.0. The van der Waals surface area contributed by atoms with Gasteiger partial charge in [0.1, 0.15) is 5.82 Å². The van der Waals surface area contributed by atoms with Crippen molar-refractivity contribution in [1.82, 2.24) is 5.32 Å². The first-order valence-corrected chi connectivity index (χ1v) is 6.48. The summed E-state index contributed by atoms with van der Waals surface area (Å²) in [6.07, 6.45) is 0. The third kappa shape index (κ3) is 3.35. The molecule has 2 aromatic rings. The van der Waals surface area contributed by atoms with Crippen LogP contribution in [-0.2, 0) is 6.54 Å². The Morgan fingerprint density at radius 2 is 2.00 bits per heavy atom. The topological polar surface area (TPSA) is 41.1 Å². The summed E-state index contributed by atoms with van der Waals surface area (Å²) in [5, 5.41) is 5.91. The number of carbonyl (C=O) groups is 1. The lowest BCUT2D eigenvalue weighted by molar-refractivity contribution is 0.102. The van der Waals surface area contributed by atoms with Crippen molar-refractivity contribution >= 4 is 23.2 Å². The fourth-order valence-electron chi connectivity index (χ4n) is 1.85. The predicted octanol–water partition coefficient (Wildman–Crippen LogP) is 3.45. The van der Waals surface area contributed by atoms with Crippen molar-refractivity contribution in [2.24, 2.45) is 0 Å². The van der Waals surface area contributed by atoms with Crippen LogP contribution in [0.3, 0.4) is 0 Å². The molecule has 5 heteroatoms. The molecule has 104 valence electrons. The SMILES string of the molecule is CNCc1ccccc1NC(=O)c1ccc(F)cc1Cl. The van der Waals surface area contributed by atoms with Gasteiger partial charge in [-0.05, 0) is 36.9 Å². The highest BCUT2D eigenvalue weighted by Gasteiger charge is 2.12. The second kappa shape index (κ2) is 6.50. The number of carbonyl (C=O) groups excluding carboxylic acids is 1. The first-order valence-electron chi connectivity index (χ1n) is 6.10. The quantitative estimate of drug-likeness (QED) is 0.906. The minimum Gasteiger partial charge on any atom is -0.322 e. The summed E-state index contributed by atoms with van der Waals surface area (Å²) in [7, 11) is 1.83. The van der Waals surface area contributed by atoms with Crippen molar-refractivity contribution < 1.29 is 9.18 Å². The van der Waals surface area contributed by atoms with E-state index in [9.17, 15) is 9.18 Å². The van der Waals surface area contributed by atoms with Crippen molar-refractivity contribution in [1.29, 1.82) is 0 Å². The maximum Gasteiger partial charge on any atom is 0.257 e. The number of benzene rings is 2. The summed E-state index contributed by atoms with van der Waals surface area (Å²) >= 11 is 5.88. The summed E-state index contributed by atoms with van der Waals surface area (Å²) in [5.41, 5.74) is 1.90. The Hall–Kier alpha value is -1.91. The monoisotopic (exact) mass is 292 g/mol. The van der Waals surface area contributed by atoms with Gasteiger partial charge in [-0.1, -0.05) is 29.8 Å². The van der Waals surface area contributed by atoms with E-state index in [2.05, 4.69) is 10.6 Å². The van der Waals surface area contributed by atoms with Gasteiger partial charge in [0.05, 0.1) is 10.6 Å². The zero-order chi connectivity index (χ0) is 14.5. The van der Waals surface area contributed by atoms with E-state index in [-0.39, 0.29) is 16.5 Å². The highest BCUT2D eigenvalue weighted by molar-refractivity contribution is 6.34. The first-order chi connectivity index (χ1) is 9.61. The molecule has 2 N–H and O–H groups in total. The lowest BCUT2D eigenvalue weighted by Crippen LogP contribution is -2.15. The number of anilines is 1. The summed E-state index contributed by atoms with van der Waals surface area (Å²) in [6.45, 7) is 0.633. The van der Waals surface area contributed by atoms with Crippen molar-refractivity contribution in [2.75, 3.05) is 12.4 Å². The molecule has 0 aliphatic rings. The fourth-order valence-corrected chi connectivity index (χ4v) is 2.10. The van der Waals surface area contributed by atoms with Crippen LogP contribution in [0.1, 0.15) is 15.9 Å². The van der Waals surface area contributed by atoms with Gasteiger partial charge in [0.2, 0.25) is 0 Å². The van der Waals surface area contributed by atoms with Gasteiger partial charge in [-0.25, -0.2) is 4.39 Å². The zero-order valence-corrected chi connectivity index (χ0v) is 11.7. The molecule has 0 saturated carbocycles. The Balaban J connectivity index is 2.23. The van der Waals surface area contributed by atoms with Crippen molar-refractivity contribution in [2.45, 2.75) is 6.54 Å². The van der Waals surface area contributed by atoms with Gasteiger partial charge in [-0.3, -0.25) is 4.79 Å². The Morgan fingerprint density at radius 3 is 2.70 bits per heavy atom. The minimum atomic E-state index is -0.470.